The van der Waals surface area contributed by atoms with Crippen LogP contribution in [0.15, 0.2) is 53.6 Å². The zero-order valence-corrected chi connectivity index (χ0v) is 15.6. The first-order valence-corrected chi connectivity index (χ1v) is 9.19. The van der Waals surface area contributed by atoms with Crippen LogP contribution in [0.25, 0.3) is 0 Å². The van der Waals surface area contributed by atoms with E-state index >= 15 is 0 Å². The number of carbonyl (C=O) groups is 1. The van der Waals surface area contributed by atoms with E-state index in [9.17, 15) is 4.79 Å². The summed E-state index contributed by atoms with van der Waals surface area (Å²) in [5.74, 6) is 1.15. The van der Waals surface area contributed by atoms with Gasteiger partial charge in [0.25, 0.3) is 5.91 Å². The first kappa shape index (κ1) is 18.8. The molecule has 0 bridgehead atoms. The molecule has 142 valence electrons. The van der Waals surface area contributed by atoms with Gasteiger partial charge >= 0.3 is 0 Å². The number of benzene rings is 2. The van der Waals surface area contributed by atoms with Gasteiger partial charge in [-0.3, -0.25) is 10.2 Å². The van der Waals surface area contributed by atoms with Gasteiger partial charge in [0, 0.05) is 13.1 Å². The van der Waals surface area contributed by atoms with Crippen LogP contribution in [-0.2, 0) is 4.79 Å². The molecule has 1 saturated heterocycles. The first-order valence-electron chi connectivity index (χ1n) is 9.19. The molecular formula is C21H25N3O3. The van der Waals surface area contributed by atoms with E-state index in [0.29, 0.717) is 11.5 Å². The summed E-state index contributed by atoms with van der Waals surface area (Å²) in [5, 5.41) is 4.22. The molecule has 0 radical (unpaired) electrons. The van der Waals surface area contributed by atoms with Crippen LogP contribution in [0.5, 0.6) is 11.5 Å². The number of methoxy groups -OCH3 is 1. The fourth-order valence-corrected chi connectivity index (χ4v) is 2.95. The van der Waals surface area contributed by atoms with Crippen molar-refractivity contribution >= 4 is 17.8 Å². The van der Waals surface area contributed by atoms with Crippen LogP contribution in [0.2, 0.25) is 0 Å². The summed E-state index contributed by atoms with van der Waals surface area (Å²) in [7, 11) is 1.58. The summed E-state index contributed by atoms with van der Waals surface area (Å²) < 4.78 is 11.1. The molecule has 0 aromatic heterocycles. The minimum Gasteiger partial charge on any atom is -0.493 e. The monoisotopic (exact) mass is 367 g/mol. The smallest absolute Gasteiger partial charge is 0.260 e. The number of likely N-dealkylation sites (tertiary alicyclic amines) is 1. The van der Waals surface area contributed by atoms with Gasteiger partial charge in [-0.25, -0.2) is 0 Å². The van der Waals surface area contributed by atoms with Gasteiger partial charge < -0.3 is 14.4 Å². The predicted octanol–water partition coefficient (Wildman–Crippen LogP) is 3.53. The number of hydrogen-bond donors (Lipinski definition) is 1. The van der Waals surface area contributed by atoms with Crippen LogP contribution in [0, 0.1) is 0 Å². The van der Waals surface area contributed by atoms with Gasteiger partial charge in [-0.05, 0) is 55.2 Å². The summed E-state index contributed by atoms with van der Waals surface area (Å²) in [6, 6.07) is 15.2. The van der Waals surface area contributed by atoms with E-state index in [-0.39, 0.29) is 12.5 Å². The molecule has 1 amide bonds. The van der Waals surface area contributed by atoms with Gasteiger partial charge in [0.1, 0.15) is 0 Å². The molecule has 27 heavy (non-hydrogen) atoms. The van der Waals surface area contributed by atoms with E-state index < -0.39 is 0 Å². The van der Waals surface area contributed by atoms with Gasteiger partial charge in [0.15, 0.2) is 18.1 Å². The Hall–Kier alpha value is -3.02. The van der Waals surface area contributed by atoms with Crippen LogP contribution in [0.1, 0.15) is 24.8 Å². The Kier molecular flexibility index (Phi) is 6.68. The number of anilines is 1. The highest BCUT2D eigenvalue weighted by atomic mass is 16.5. The molecule has 0 saturated carbocycles. The van der Waals surface area contributed by atoms with E-state index in [0.717, 1.165) is 37.2 Å². The zero-order valence-electron chi connectivity index (χ0n) is 15.6. The van der Waals surface area contributed by atoms with Gasteiger partial charge in [0.05, 0.1) is 19.0 Å². The number of amides is 1. The largest absolute Gasteiger partial charge is 0.493 e. The van der Waals surface area contributed by atoms with E-state index in [1.54, 1.807) is 19.4 Å². The van der Waals surface area contributed by atoms with E-state index in [2.05, 4.69) is 10.5 Å². The number of hydrogen-bond acceptors (Lipinski definition) is 5. The molecule has 2 aromatic rings. The van der Waals surface area contributed by atoms with Crippen molar-refractivity contribution < 1.29 is 14.3 Å². The number of rotatable bonds is 7. The predicted molar refractivity (Wildman–Crippen MR) is 107 cm³/mol. The number of piperidine rings is 1. The lowest BCUT2D eigenvalue weighted by Gasteiger charge is -2.26. The van der Waals surface area contributed by atoms with E-state index in [1.807, 2.05) is 47.4 Å². The molecule has 1 N–H and O–H groups in total. The van der Waals surface area contributed by atoms with Crippen LogP contribution in [-0.4, -0.2) is 43.8 Å². The summed E-state index contributed by atoms with van der Waals surface area (Å²) in [6.07, 6.45) is 5.04. The van der Waals surface area contributed by atoms with Crippen LogP contribution >= 0.6 is 0 Å². The van der Waals surface area contributed by atoms with Crippen molar-refractivity contribution in [1.29, 1.82) is 0 Å². The maximum Gasteiger partial charge on any atom is 0.260 e. The Morgan fingerprint density at radius 2 is 1.89 bits per heavy atom. The third kappa shape index (κ3) is 5.48. The number of ether oxygens (including phenoxy) is 2. The highest BCUT2D eigenvalue weighted by molar-refractivity contribution is 5.82. The van der Waals surface area contributed by atoms with Crippen LogP contribution < -0.4 is 14.9 Å². The molecule has 1 aliphatic rings. The molecule has 6 nitrogen and oxygen atoms in total. The normalized spacial score (nSPS) is 14.2. The molecule has 1 heterocycles. The highest BCUT2D eigenvalue weighted by Crippen LogP contribution is 2.27. The summed E-state index contributed by atoms with van der Waals surface area (Å²) in [6.45, 7) is 1.67. The van der Waals surface area contributed by atoms with Crippen molar-refractivity contribution in [2.24, 2.45) is 5.10 Å². The fraction of sp³-hybridized carbons (Fsp3) is 0.333. The lowest BCUT2D eigenvalue weighted by molar-refractivity contribution is -0.134. The third-order valence-corrected chi connectivity index (χ3v) is 4.43. The second-order valence-electron chi connectivity index (χ2n) is 6.38. The Labute approximate surface area is 159 Å². The van der Waals surface area contributed by atoms with Crippen LogP contribution in [0.4, 0.5) is 5.69 Å². The molecule has 6 heteroatoms. The molecule has 0 atom stereocenters. The number of nitrogens with zero attached hydrogens (tertiary/aromatic N) is 2. The van der Waals surface area contributed by atoms with Crippen molar-refractivity contribution in [1.82, 2.24) is 4.90 Å². The molecule has 0 aliphatic carbocycles. The van der Waals surface area contributed by atoms with Crippen molar-refractivity contribution in [2.75, 3.05) is 32.2 Å². The summed E-state index contributed by atoms with van der Waals surface area (Å²) >= 11 is 0. The van der Waals surface area contributed by atoms with Crippen molar-refractivity contribution in [2.45, 2.75) is 19.3 Å². The average molecular weight is 367 g/mol. The standard InChI is InChI=1S/C21H25N3O3/c1-26-20-14-17(15-22-23-18-8-4-2-5-9-18)10-11-19(20)27-16-21(25)24-12-6-3-7-13-24/h2,4-5,8-11,14-15,23H,3,6-7,12-13,16H2,1H3/b22-15+. The highest BCUT2D eigenvalue weighted by Gasteiger charge is 2.17. The summed E-state index contributed by atoms with van der Waals surface area (Å²) in [5.41, 5.74) is 4.75. The number of hydrazone groups is 1. The lowest BCUT2D eigenvalue weighted by Crippen LogP contribution is -2.38. The maximum atomic E-state index is 12.2. The minimum atomic E-state index is 0.0226. The van der Waals surface area contributed by atoms with Gasteiger partial charge in [-0.2, -0.15) is 5.10 Å². The minimum absolute atomic E-state index is 0.0226. The Balaban J connectivity index is 1.57. The van der Waals surface area contributed by atoms with Gasteiger partial charge in [-0.15, -0.1) is 0 Å². The Morgan fingerprint density at radius 1 is 1.11 bits per heavy atom. The molecule has 3 rings (SSSR count). The molecule has 1 fully saturated rings. The van der Waals surface area contributed by atoms with Gasteiger partial charge in [-0.1, -0.05) is 18.2 Å². The fourth-order valence-electron chi connectivity index (χ4n) is 2.95. The number of carbonyl (C=O) groups excluding carboxylic acids is 1. The average Bonchev–Trinajstić information content (AvgIpc) is 2.73. The quantitative estimate of drug-likeness (QED) is 0.601. The Bertz CT molecular complexity index is 771. The SMILES string of the molecule is COc1cc(/C=N/Nc2ccccc2)ccc1OCC(=O)N1CCCCC1. The molecule has 2 aromatic carbocycles. The topological polar surface area (TPSA) is 63.2 Å². The zero-order chi connectivity index (χ0) is 18.9. The molecule has 0 spiro atoms. The van der Waals surface area contributed by atoms with Gasteiger partial charge in [0.2, 0.25) is 0 Å². The lowest BCUT2D eigenvalue weighted by atomic mass is 10.1. The van der Waals surface area contributed by atoms with E-state index in [1.165, 1.54) is 6.42 Å². The van der Waals surface area contributed by atoms with Crippen molar-refractivity contribution in [3.8, 4) is 11.5 Å². The van der Waals surface area contributed by atoms with Crippen molar-refractivity contribution in [3.63, 3.8) is 0 Å². The van der Waals surface area contributed by atoms with Crippen molar-refractivity contribution in [3.05, 3.63) is 54.1 Å². The maximum absolute atomic E-state index is 12.2. The number of para-hydroxylation sites is 1. The van der Waals surface area contributed by atoms with Crippen LogP contribution in [0.3, 0.4) is 0 Å². The van der Waals surface area contributed by atoms with E-state index in [4.69, 9.17) is 9.47 Å². The summed E-state index contributed by atoms with van der Waals surface area (Å²) in [4.78, 5) is 14.1. The first-order chi connectivity index (χ1) is 13.3. The second-order valence-corrected chi connectivity index (χ2v) is 6.38. The second kappa shape index (κ2) is 9.62. The Morgan fingerprint density at radius 3 is 2.63 bits per heavy atom. The third-order valence-electron chi connectivity index (χ3n) is 4.43. The number of nitrogens with one attached hydrogen (secondary N) is 1. The molecule has 1 aliphatic heterocycles. The molecular weight excluding hydrogens is 342 g/mol. The molecule has 0 unspecified atom stereocenters.